The lowest BCUT2D eigenvalue weighted by Gasteiger charge is -2.38. The summed E-state index contributed by atoms with van der Waals surface area (Å²) in [4.78, 5) is 11.6. The topological polar surface area (TPSA) is 58.6 Å². The molecule has 0 aromatic carbocycles. The predicted octanol–water partition coefficient (Wildman–Crippen LogP) is 2.45. The van der Waals surface area contributed by atoms with Crippen molar-refractivity contribution in [1.82, 2.24) is 5.32 Å². The number of ether oxygens (including phenoxy) is 1. The van der Waals surface area contributed by atoms with Crippen molar-refractivity contribution >= 4 is 6.09 Å². The summed E-state index contributed by atoms with van der Waals surface area (Å²) < 4.78 is 5.21. The van der Waals surface area contributed by atoms with Gasteiger partial charge in [-0.05, 0) is 45.4 Å². The second-order valence-electron chi connectivity index (χ2n) is 6.81. The average molecular weight is 243 g/mol. The molecule has 4 nitrogen and oxygen atoms in total. The smallest absolute Gasteiger partial charge is 0.407 e. The summed E-state index contributed by atoms with van der Waals surface area (Å²) in [6, 6.07) is 0.00333. The normalized spacial score (nSPS) is 28.6. The molecule has 17 heavy (non-hydrogen) atoms. The van der Waals surface area contributed by atoms with Crippen LogP contribution in [0.15, 0.2) is 0 Å². The highest BCUT2D eigenvalue weighted by Gasteiger charge is 2.34. The molecule has 0 saturated heterocycles. The van der Waals surface area contributed by atoms with E-state index in [1.54, 1.807) is 0 Å². The van der Waals surface area contributed by atoms with Gasteiger partial charge in [0.15, 0.2) is 0 Å². The van der Waals surface area contributed by atoms with E-state index in [0.29, 0.717) is 6.42 Å². The quantitative estimate of drug-likeness (QED) is 0.743. The van der Waals surface area contributed by atoms with E-state index in [4.69, 9.17) is 4.74 Å². The van der Waals surface area contributed by atoms with E-state index in [1.807, 2.05) is 20.8 Å². The molecule has 1 aliphatic carbocycles. The van der Waals surface area contributed by atoms with Gasteiger partial charge in [0.2, 0.25) is 0 Å². The molecule has 4 heteroatoms. The Morgan fingerprint density at radius 3 is 2.41 bits per heavy atom. The zero-order chi connectivity index (χ0) is 13.3. The number of carbonyl (C=O) groups excluding carboxylic acids is 1. The Morgan fingerprint density at radius 1 is 1.35 bits per heavy atom. The minimum absolute atomic E-state index is 0.00333. The first-order valence-corrected chi connectivity index (χ1v) is 6.25. The zero-order valence-corrected chi connectivity index (χ0v) is 11.5. The number of hydrogen-bond acceptors (Lipinski definition) is 3. The van der Waals surface area contributed by atoms with Gasteiger partial charge in [0.05, 0.1) is 6.10 Å². The first kappa shape index (κ1) is 14.3. The van der Waals surface area contributed by atoms with Crippen molar-refractivity contribution in [3.05, 3.63) is 0 Å². The van der Waals surface area contributed by atoms with Gasteiger partial charge in [0.25, 0.3) is 0 Å². The fraction of sp³-hybridized carbons (Fsp3) is 0.923. The molecule has 100 valence electrons. The number of amides is 1. The molecule has 1 aliphatic rings. The van der Waals surface area contributed by atoms with E-state index in [2.05, 4.69) is 19.2 Å². The van der Waals surface area contributed by atoms with Crippen molar-refractivity contribution in [2.24, 2.45) is 5.41 Å². The fourth-order valence-corrected chi connectivity index (χ4v) is 2.47. The maximum atomic E-state index is 11.6. The van der Waals surface area contributed by atoms with Crippen LogP contribution in [0.4, 0.5) is 4.79 Å². The molecule has 0 aromatic heterocycles. The van der Waals surface area contributed by atoms with E-state index in [-0.39, 0.29) is 17.6 Å². The molecular formula is C13H25NO3. The first-order chi connectivity index (χ1) is 7.57. The Kier molecular flexibility index (Phi) is 4.07. The van der Waals surface area contributed by atoms with Crippen LogP contribution in [0.2, 0.25) is 0 Å². The van der Waals surface area contributed by atoms with Gasteiger partial charge in [-0.15, -0.1) is 0 Å². The molecular weight excluding hydrogens is 218 g/mol. The van der Waals surface area contributed by atoms with Crippen LogP contribution >= 0.6 is 0 Å². The summed E-state index contributed by atoms with van der Waals surface area (Å²) in [7, 11) is 0. The van der Waals surface area contributed by atoms with Gasteiger partial charge in [0.1, 0.15) is 5.60 Å². The highest BCUT2D eigenvalue weighted by atomic mass is 16.6. The predicted molar refractivity (Wildman–Crippen MR) is 66.8 cm³/mol. The minimum atomic E-state index is -0.479. The van der Waals surface area contributed by atoms with Crippen molar-refractivity contribution < 1.29 is 14.6 Å². The maximum absolute atomic E-state index is 11.6. The van der Waals surface area contributed by atoms with E-state index in [1.165, 1.54) is 0 Å². The zero-order valence-electron chi connectivity index (χ0n) is 11.5. The van der Waals surface area contributed by atoms with E-state index in [9.17, 15) is 9.90 Å². The molecule has 1 saturated carbocycles. The molecule has 0 spiro atoms. The van der Waals surface area contributed by atoms with Gasteiger partial charge < -0.3 is 15.2 Å². The molecule has 1 amide bonds. The number of rotatable bonds is 1. The molecule has 2 atom stereocenters. The van der Waals surface area contributed by atoms with Gasteiger partial charge in [-0.3, -0.25) is 0 Å². The van der Waals surface area contributed by atoms with Gasteiger partial charge in [-0.25, -0.2) is 4.79 Å². The minimum Gasteiger partial charge on any atom is -0.444 e. The Morgan fingerprint density at radius 2 is 1.94 bits per heavy atom. The summed E-state index contributed by atoms with van der Waals surface area (Å²) in [5.74, 6) is 0. The van der Waals surface area contributed by atoms with Crippen LogP contribution in [0.1, 0.15) is 53.9 Å². The van der Waals surface area contributed by atoms with Crippen LogP contribution in [0, 0.1) is 5.41 Å². The summed E-state index contributed by atoms with van der Waals surface area (Å²) in [6.45, 7) is 9.74. The largest absolute Gasteiger partial charge is 0.444 e. The third kappa shape index (κ3) is 5.39. The summed E-state index contributed by atoms with van der Waals surface area (Å²) >= 11 is 0. The van der Waals surface area contributed by atoms with Gasteiger partial charge in [-0.1, -0.05) is 13.8 Å². The highest BCUT2D eigenvalue weighted by Crippen LogP contribution is 2.35. The molecule has 1 rings (SSSR count). The van der Waals surface area contributed by atoms with Crippen molar-refractivity contribution in [3.63, 3.8) is 0 Å². The molecule has 1 fully saturated rings. The summed E-state index contributed by atoms with van der Waals surface area (Å²) in [6.07, 6.45) is 1.55. The van der Waals surface area contributed by atoms with Gasteiger partial charge >= 0.3 is 6.09 Å². The molecule has 0 aromatic rings. The van der Waals surface area contributed by atoms with Crippen molar-refractivity contribution in [3.8, 4) is 0 Å². The van der Waals surface area contributed by atoms with E-state index >= 15 is 0 Å². The lowest BCUT2D eigenvalue weighted by molar-refractivity contribution is 0.0285. The van der Waals surface area contributed by atoms with E-state index < -0.39 is 11.7 Å². The highest BCUT2D eigenvalue weighted by molar-refractivity contribution is 5.68. The number of nitrogens with one attached hydrogen (secondary N) is 1. The Hall–Kier alpha value is -0.770. The molecule has 2 N–H and O–H groups in total. The van der Waals surface area contributed by atoms with Gasteiger partial charge in [-0.2, -0.15) is 0 Å². The van der Waals surface area contributed by atoms with Crippen LogP contribution in [0.3, 0.4) is 0 Å². The van der Waals surface area contributed by atoms with Crippen LogP contribution in [0.25, 0.3) is 0 Å². The lowest BCUT2D eigenvalue weighted by atomic mass is 9.74. The SMILES string of the molecule is CC1(C)C[C@@H](O)C[C@@H](NC(=O)OC(C)(C)C)C1. The molecule has 0 aliphatic heterocycles. The standard InChI is InChI=1S/C13H25NO3/c1-12(2,3)17-11(16)14-9-6-10(15)8-13(4,5)7-9/h9-10,15H,6-8H2,1-5H3,(H,14,16)/t9-,10+/m1/s1. The molecule has 0 unspecified atom stereocenters. The molecule has 0 bridgehead atoms. The van der Waals surface area contributed by atoms with Crippen molar-refractivity contribution in [2.45, 2.75) is 71.6 Å². The monoisotopic (exact) mass is 243 g/mol. The van der Waals surface area contributed by atoms with Crippen LogP contribution in [0.5, 0.6) is 0 Å². The number of carbonyl (C=O) groups is 1. The number of alkyl carbamates (subject to hydrolysis) is 1. The van der Waals surface area contributed by atoms with Crippen molar-refractivity contribution in [2.75, 3.05) is 0 Å². The fourth-order valence-electron chi connectivity index (χ4n) is 2.47. The van der Waals surface area contributed by atoms with Crippen LogP contribution < -0.4 is 5.32 Å². The second kappa shape index (κ2) is 4.84. The van der Waals surface area contributed by atoms with Crippen LogP contribution in [-0.2, 0) is 4.74 Å². The lowest BCUT2D eigenvalue weighted by Crippen LogP contribution is -2.46. The maximum Gasteiger partial charge on any atom is 0.407 e. The molecule has 0 radical (unpaired) electrons. The number of aliphatic hydroxyl groups is 1. The van der Waals surface area contributed by atoms with Crippen molar-refractivity contribution in [1.29, 1.82) is 0 Å². The molecule has 0 heterocycles. The summed E-state index contributed by atoms with van der Waals surface area (Å²) in [5.41, 5.74) is -0.412. The Balaban J connectivity index is 2.49. The number of aliphatic hydroxyl groups excluding tert-OH is 1. The first-order valence-electron chi connectivity index (χ1n) is 6.25. The Labute approximate surface area is 104 Å². The van der Waals surface area contributed by atoms with Gasteiger partial charge in [0, 0.05) is 6.04 Å². The van der Waals surface area contributed by atoms with E-state index in [0.717, 1.165) is 12.8 Å². The third-order valence-electron chi connectivity index (χ3n) is 2.86. The Bertz CT molecular complexity index is 281. The summed E-state index contributed by atoms with van der Waals surface area (Å²) in [5, 5.41) is 12.6. The van der Waals surface area contributed by atoms with Crippen LogP contribution in [-0.4, -0.2) is 28.9 Å². The third-order valence-corrected chi connectivity index (χ3v) is 2.86. The number of hydrogen-bond donors (Lipinski definition) is 2. The average Bonchev–Trinajstić information content (AvgIpc) is 1.93. The second-order valence-corrected chi connectivity index (χ2v) is 6.81.